The van der Waals surface area contributed by atoms with Crippen molar-refractivity contribution in [3.63, 3.8) is 0 Å². The zero-order valence-electron chi connectivity index (χ0n) is 38.0. The van der Waals surface area contributed by atoms with Gasteiger partial charge < -0.3 is 38.4 Å². The topological polar surface area (TPSA) is 164 Å². The fourth-order valence-corrected chi connectivity index (χ4v) is 7.53. The molecule has 32 heteroatoms. The van der Waals surface area contributed by atoms with Crippen molar-refractivity contribution in [3.8, 4) is 92.4 Å². The Bertz CT molecular complexity index is 3730. The number of nitrogens with one attached hydrogen (secondary N) is 2. The Labute approximate surface area is 420 Å². The van der Waals surface area contributed by atoms with Crippen LogP contribution in [0.25, 0.3) is 89.7 Å². The smallest absolute Gasteiger partial charge is 0.422 e. The third kappa shape index (κ3) is 12.4. The molecule has 2 N–H and O–H groups in total. The number of ether oxygens (including phenoxy) is 6. The number of benzene rings is 4. The summed E-state index contributed by atoms with van der Waals surface area (Å²) in [5.74, 6) is -5.67. The van der Waals surface area contributed by atoms with Crippen molar-refractivity contribution < 1.29 is 107 Å². The summed E-state index contributed by atoms with van der Waals surface area (Å²) in [6, 6.07) is 8.56. The quantitative estimate of drug-likeness (QED) is 0.0880. The van der Waals surface area contributed by atoms with E-state index in [0.29, 0.717) is 12.1 Å². The molecule has 0 atom stereocenters. The number of aromatic amines is 2. The summed E-state index contributed by atoms with van der Waals surface area (Å²) < 4.78 is 273. The molecule has 0 radical (unpaired) electrons. The molecule has 0 aliphatic carbocycles. The van der Waals surface area contributed by atoms with E-state index in [1.165, 1.54) is 18.2 Å². The predicted octanol–water partition coefficient (Wildman–Crippen LogP) is 12.5. The summed E-state index contributed by atoms with van der Waals surface area (Å²) in [7, 11) is 0. The predicted molar refractivity (Wildman–Crippen MR) is 233 cm³/mol. The largest absolute Gasteiger partial charge is 0.480 e. The lowest BCUT2D eigenvalue weighted by Crippen LogP contribution is -2.21. The molecule has 0 fully saturated rings. The van der Waals surface area contributed by atoms with Crippen LogP contribution in [0, 0.1) is 12.3 Å². The second kappa shape index (κ2) is 19.4. The lowest BCUT2D eigenvalue weighted by Gasteiger charge is -2.16. The molecule has 4 aromatic carbocycles. The summed E-state index contributed by atoms with van der Waals surface area (Å²) in [5, 5.41) is -0.640. The highest BCUT2D eigenvalue weighted by Crippen LogP contribution is 2.46. The van der Waals surface area contributed by atoms with Gasteiger partial charge in [0, 0.05) is 49.4 Å². The summed E-state index contributed by atoms with van der Waals surface area (Å²) in [5.41, 5.74) is -2.82. The van der Waals surface area contributed by atoms with Gasteiger partial charge in [0.1, 0.15) is 22.6 Å². The molecular formula is C46H24F18N8O6. The van der Waals surface area contributed by atoms with Crippen LogP contribution >= 0.6 is 0 Å². The average molecular weight is 1130 g/mol. The molecule has 2 aliphatic rings. The summed E-state index contributed by atoms with van der Waals surface area (Å²) in [6.07, 6.45) is -24.9. The van der Waals surface area contributed by atoms with Gasteiger partial charge in [-0.3, -0.25) is 0 Å². The fraction of sp³-hybridized carbons (Fsp3) is 0.261. The van der Waals surface area contributed by atoms with Gasteiger partial charge in [-0.15, -0.1) is 6.42 Å². The molecule has 9 rings (SSSR count). The molecule has 3 aromatic heterocycles. The number of fused-ring (bicyclic) bond motifs is 20. The highest BCUT2D eigenvalue weighted by molar-refractivity contribution is 6.07. The minimum Gasteiger partial charge on any atom is -0.480 e. The second-order valence-corrected chi connectivity index (χ2v) is 16.5. The van der Waals surface area contributed by atoms with E-state index in [1.54, 1.807) is 0 Å². The Balaban J connectivity index is 1.42. The van der Waals surface area contributed by atoms with Gasteiger partial charge in [0.05, 0.1) is 0 Å². The zero-order chi connectivity index (χ0) is 56.5. The van der Waals surface area contributed by atoms with E-state index in [-0.39, 0.29) is 49.9 Å². The second-order valence-electron chi connectivity index (χ2n) is 16.5. The number of halogens is 18. The first-order chi connectivity index (χ1) is 36.3. The van der Waals surface area contributed by atoms with Crippen molar-refractivity contribution in [2.24, 2.45) is 0 Å². The molecule has 8 bridgehead atoms. The number of nitrogens with zero attached hydrogens (tertiary/aromatic N) is 6. The number of hydrogen-bond acceptors (Lipinski definition) is 12. The molecule has 0 unspecified atom stereocenters. The Hall–Kier alpha value is -8.66. The maximum absolute atomic E-state index is 13.6. The molecule has 0 saturated heterocycles. The van der Waals surface area contributed by atoms with Crippen LogP contribution in [0.1, 0.15) is 5.56 Å². The Morgan fingerprint density at radius 3 is 0.833 bits per heavy atom. The SMILES string of the molecule is C#Cc1ccc2c3nc4nc(nc5[nH]c(nc6nc(nc([nH]3)c2c1)-c1cc(OCC(F)(F)F)c(OCC(F)(F)F)cc1-6)c1cc(OCC(F)(F)F)c(OCC(F)(F)F)cc51)-c1cc(OCC(F)(F)F)c(OCC(F)(F)F)cc1-4. The molecule has 410 valence electrons. The van der Waals surface area contributed by atoms with Crippen LogP contribution in [0.5, 0.6) is 34.5 Å². The number of hydrogen-bond donors (Lipinski definition) is 2. The number of alkyl halides is 18. The highest BCUT2D eigenvalue weighted by atomic mass is 19.4. The first kappa shape index (κ1) is 54.1. The third-order valence-corrected chi connectivity index (χ3v) is 10.5. The van der Waals surface area contributed by atoms with E-state index in [0.717, 1.165) is 24.3 Å². The van der Waals surface area contributed by atoms with Gasteiger partial charge in [0.2, 0.25) is 0 Å². The maximum atomic E-state index is 13.6. The summed E-state index contributed by atoms with van der Waals surface area (Å²) in [6.45, 7) is -12.6. The minimum atomic E-state index is -5.13. The van der Waals surface area contributed by atoms with Gasteiger partial charge in [-0.25, -0.2) is 29.9 Å². The van der Waals surface area contributed by atoms with E-state index in [1.807, 2.05) is 0 Å². The fourth-order valence-electron chi connectivity index (χ4n) is 7.53. The van der Waals surface area contributed by atoms with Crippen LogP contribution in [0.4, 0.5) is 79.0 Å². The van der Waals surface area contributed by atoms with E-state index in [4.69, 9.17) is 34.8 Å². The first-order valence-electron chi connectivity index (χ1n) is 21.4. The van der Waals surface area contributed by atoms with Crippen molar-refractivity contribution in [2.45, 2.75) is 37.1 Å². The molecule has 0 saturated carbocycles. The average Bonchev–Trinajstić information content (AvgIpc) is 4.29. The van der Waals surface area contributed by atoms with E-state index in [9.17, 15) is 79.0 Å². The van der Waals surface area contributed by atoms with E-state index in [2.05, 4.69) is 45.8 Å². The van der Waals surface area contributed by atoms with Crippen molar-refractivity contribution in [1.82, 2.24) is 39.9 Å². The summed E-state index contributed by atoms with van der Waals surface area (Å²) >= 11 is 0. The van der Waals surface area contributed by atoms with Crippen LogP contribution in [-0.4, -0.2) is 117 Å². The maximum Gasteiger partial charge on any atom is 0.422 e. The van der Waals surface area contributed by atoms with Gasteiger partial charge >= 0.3 is 37.1 Å². The van der Waals surface area contributed by atoms with Gasteiger partial charge in [-0.2, -0.15) is 79.0 Å². The van der Waals surface area contributed by atoms with Crippen LogP contribution in [0.3, 0.4) is 0 Å². The molecular weight excluding hydrogens is 1100 g/mol. The monoisotopic (exact) mass is 1130 g/mol. The number of rotatable bonds is 12. The van der Waals surface area contributed by atoms with Gasteiger partial charge in [0.15, 0.2) is 97.4 Å². The Kier molecular flexibility index (Phi) is 13.5. The normalized spacial score (nSPS) is 13.0. The Morgan fingerprint density at radius 1 is 0.333 bits per heavy atom. The summed E-state index contributed by atoms with van der Waals surface area (Å²) in [4.78, 5) is 32.2. The lowest BCUT2D eigenvalue weighted by molar-refractivity contribution is -0.158. The zero-order valence-corrected chi connectivity index (χ0v) is 38.0. The molecule has 78 heavy (non-hydrogen) atoms. The molecule has 0 spiro atoms. The number of aromatic nitrogens is 8. The van der Waals surface area contributed by atoms with Crippen LogP contribution in [0.15, 0.2) is 54.6 Å². The Morgan fingerprint density at radius 2 is 0.577 bits per heavy atom. The van der Waals surface area contributed by atoms with Crippen LogP contribution in [-0.2, 0) is 0 Å². The highest BCUT2D eigenvalue weighted by Gasteiger charge is 2.37. The third-order valence-electron chi connectivity index (χ3n) is 10.5. The van der Waals surface area contributed by atoms with Gasteiger partial charge in [0.25, 0.3) is 0 Å². The van der Waals surface area contributed by atoms with Gasteiger partial charge in [-0.05, 0) is 54.6 Å². The number of H-pyrrole nitrogens is 2. The van der Waals surface area contributed by atoms with Crippen molar-refractivity contribution >= 4 is 44.1 Å². The van der Waals surface area contributed by atoms with E-state index >= 15 is 0 Å². The van der Waals surface area contributed by atoms with E-state index < -0.39 is 157 Å². The molecule has 7 aromatic rings. The van der Waals surface area contributed by atoms with Crippen molar-refractivity contribution in [2.75, 3.05) is 39.6 Å². The number of terminal acetylenes is 1. The van der Waals surface area contributed by atoms with Crippen molar-refractivity contribution in [1.29, 1.82) is 0 Å². The first-order valence-corrected chi connectivity index (χ1v) is 21.4. The van der Waals surface area contributed by atoms with Crippen LogP contribution in [0.2, 0.25) is 0 Å². The van der Waals surface area contributed by atoms with Crippen LogP contribution < -0.4 is 28.4 Å². The van der Waals surface area contributed by atoms with Crippen molar-refractivity contribution in [3.05, 3.63) is 60.2 Å². The minimum absolute atomic E-state index is 0.0918. The lowest BCUT2D eigenvalue weighted by atomic mass is 10.1. The molecule has 14 nitrogen and oxygen atoms in total. The molecule has 2 aliphatic heterocycles. The molecule has 5 heterocycles. The molecule has 0 amide bonds. The standard InChI is InChI=1S/C46H24F18N8O6/c1-2-18-3-4-19-20(5-18)34-65-33(19)66-35-21-6-27(73-12-41(47,48)49)28(74-13-42(50,51)52)7-22(21)37(68-35)70-39-25-10-31(77-16-45(59,60)61)32(78-17-46(62,63)64)11-26(25)40(72-39)71-38-24-9-30(76-15-44(56,57)58)29(75-14-43(53,54)55)8-23(24)36(67-34)69-38/h1,3-11H,12-17H2,(H2,65,66,67,68,69,70,71,72). The van der Waals surface area contributed by atoms with Gasteiger partial charge in [-0.1, -0.05) is 5.92 Å².